The molecule has 164 valence electrons. The van der Waals surface area contributed by atoms with E-state index in [4.69, 9.17) is 14.2 Å². The first-order chi connectivity index (χ1) is 14.7. The summed E-state index contributed by atoms with van der Waals surface area (Å²) in [5.74, 6) is 2.62. The number of benzene rings is 2. The minimum Gasteiger partial charge on any atom is -0.493 e. The molecule has 0 aliphatic carbocycles. The molecule has 0 fully saturated rings. The molecule has 0 amide bonds. The lowest BCUT2D eigenvalue weighted by atomic mass is 10.2. The van der Waals surface area contributed by atoms with Crippen LogP contribution in [0.15, 0.2) is 47.5 Å². The van der Waals surface area contributed by atoms with E-state index in [9.17, 15) is 0 Å². The summed E-state index contributed by atoms with van der Waals surface area (Å²) in [7, 11) is 6.60. The van der Waals surface area contributed by atoms with E-state index in [0.29, 0.717) is 23.8 Å². The van der Waals surface area contributed by atoms with Gasteiger partial charge >= 0.3 is 0 Å². The molecule has 7 heteroatoms. The number of nitrogens with zero attached hydrogens (tertiary/aromatic N) is 2. The predicted molar refractivity (Wildman–Crippen MR) is 123 cm³/mol. The summed E-state index contributed by atoms with van der Waals surface area (Å²) >= 11 is 0. The molecule has 0 saturated heterocycles. The van der Waals surface area contributed by atoms with Gasteiger partial charge in [-0.1, -0.05) is 18.2 Å². The molecule has 2 rings (SSSR count). The van der Waals surface area contributed by atoms with Crippen LogP contribution in [-0.2, 0) is 6.54 Å². The topological polar surface area (TPSA) is 67.4 Å². The maximum atomic E-state index is 5.42. The fourth-order valence-corrected chi connectivity index (χ4v) is 3.23. The van der Waals surface area contributed by atoms with Crippen molar-refractivity contribution in [2.24, 2.45) is 4.99 Å². The van der Waals surface area contributed by atoms with Crippen LogP contribution in [0.5, 0.6) is 17.2 Å². The molecule has 0 aliphatic rings. The lowest BCUT2D eigenvalue weighted by molar-refractivity contribution is 0.323. The molecule has 30 heavy (non-hydrogen) atoms. The lowest BCUT2D eigenvalue weighted by Crippen LogP contribution is -2.38. The molecule has 0 heterocycles. The molecule has 2 aromatic rings. The van der Waals surface area contributed by atoms with E-state index in [1.807, 2.05) is 18.2 Å². The standard InChI is InChI=1S/C23H34N4O3/c1-6-27(19-11-8-7-9-12-19)14-10-13-25-23(24-2)26-17-18-15-20(28-3)22(30-5)21(16-18)29-4/h7-9,11-12,15-16H,6,10,13-14,17H2,1-5H3,(H2,24,25,26). The van der Waals surface area contributed by atoms with E-state index in [2.05, 4.69) is 51.7 Å². The van der Waals surface area contributed by atoms with Crippen LogP contribution in [0.1, 0.15) is 18.9 Å². The quantitative estimate of drug-likeness (QED) is 0.334. The fourth-order valence-electron chi connectivity index (χ4n) is 3.23. The third kappa shape index (κ3) is 6.47. The Balaban J connectivity index is 1.85. The second kappa shape index (κ2) is 12.5. The average Bonchev–Trinajstić information content (AvgIpc) is 2.80. The zero-order valence-electron chi connectivity index (χ0n) is 18.7. The highest BCUT2D eigenvalue weighted by Gasteiger charge is 2.13. The Kier molecular flexibility index (Phi) is 9.64. The van der Waals surface area contributed by atoms with E-state index < -0.39 is 0 Å². The first-order valence-electron chi connectivity index (χ1n) is 10.2. The van der Waals surface area contributed by atoms with Gasteiger partial charge in [0.05, 0.1) is 21.3 Å². The third-order valence-electron chi connectivity index (χ3n) is 4.81. The molecule has 0 aromatic heterocycles. The monoisotopic (exact) mass is 414 g/mol. The van der Waals surface area contributed by atoms with Crippen molar-refractivity contribution in [2.75, 3.05) is 52.9 Å². The Morgan fingerprint density at radius 3 is 2.17 bits per heavy atom. The van der Waals surface area contributed by atoms with Gasteiger partial charge in [0.2, 0.25) is 5.75 Å². The molecule has 0 unspecified atom stereocenters. The summed E-state index contributed by atoms with van der Waals surface area (Å²) in [5.41, 5.74) is 2.26. The molecular weight excluding hydrogens is 380 g/mol. The highest BCUT2D eigenvalue weighted by atomic mass is 16.5. The summed E-state index contributed by atoms with van der Waals surface area (Å²) in [6, 6.07) is 14.4. The van der Waals surface area contributed by atoms with Crippen molar-refractivity contribution in [3.8, 4) is 17.2 Å². The molecule has 0 spiro atoms. The first-order valence-corrected chi connectivity index (χ1v) is 10.2. The van der Waals surface area contributed by atoms with Crippen molar-refractivity contribution in [1.82, 2.24) is 10.6 Å². The molecule has 0 saturated carbocycles. The number of hydrogen-bond acceptors (Lipinski definition) is 5. The Morgan fingerprint density at radius 1 is 0.967 bits per heavy atom. The van der Waals surface area contributed by atoms with Crippen molar-refractivity contribution in [3.63, 3.8) is 0 Å². The molecule has 7 nitrogen and oxygen atoms in total. The number of guanidine groups is 1. The van der Waals surface area contributed by atoms with E-state index in [1.165, 1.54) is 5.69 Å². The smallest absolute Gasteiger partial charge is 0.203 e. The average molecular weight is 415 g/mol. The van der Waals surface area contributed by atoms with Crippen LogP contribution in [0.3, 0.4) is 0 Å². The Hall–Kier alpha value is -3.09. The van der Waals surface area contributed by atoms with Crippen molar-refractivity contribution >= 4 is 11.6 Å². The van der Waals surface area contributed by atoms with Gasteiger partial charge in [0.15, 0.2) is 17.5 Å². The molecule has 0 atom stereocenters. The van der Waals surface area contributed by atoms with E-state index in [1.54, 1.807) is 28.4 Å². The van der Waals surface area contributed by atoms with Gasteiger partial charge in [0, 0.05) is 38.9 Å². The van der Waals surface area contributed by atoms with Crippen LogP contribution in [0, 0.1) is 0 Å². The zero-order chi connectivity index (χ0) is 21.8. The van der Waals surface area contributed by atoms with Crippen LogP contribution in [-0.4, -0.2) is 54.0 Å². The Labute approximate surface area is 180 Å². The van der Waals surface area contributed by atoms with Crippen molar-refractivity contribution in [1.29, 1.82) is 0 Å². The van der Waals surface area contributed by atoms with E-state index in [-0.39, 0.29) is 0 Å². The molecule has 2 N–H and O–H groups in total. The predicted octanol–water partition coefficient (Wildman–Crippen LogP) is 3.29. The van der Waals surface area contributed by atoms with Crippen LogP contribution in [0.25, 0.3) is 0 Å². The third-order valence-corrected chi connectivity index (χ3v) is 4.81. The van der Waals surface area contributed by atoms with Gasteiger partial charge in [0.25, 0.3) is 0 Å². The SMILES string of the molecule is CCN(CCCNC(=NC)NCc1cc(OC)c(OC)c(OC)c1)c1ccccc1. The first kappa shape index (κ1) is 23.2. The van der Waals surface area contributed by atoms with Crippen molar-refractivity contribution < 1.29 is 14.2 Å². The number of ether oxygens (including phenoxy) is 3. The van der Waals surface area contributed by atoms with Crippen molar-refractivity contribution in [2.45, 2.75) is 19.9 Å². The molecule has 2 aromatic carbocycles. The van der Waals surface area contributed by atoms with Gasteiger partial charge in [-0.3, -0.25) is 4.99 Å². The molecule has 0 radical (unpaired) electrons. The van der Waals surface area contributed by atoms with Crippen LogP contribution in [0.4, 0.5) is 5.69 Å². The largest absolute Gasteiger partial charge is 0.493 e. The zero-order valence-corrected chi connectivity index (χ0v) is 18.7. The number of methoxy groups -OCH3 is 3. The number of anilines is 1. The van der Waals surface area contributed by atoms with Crippen LogP contribution < -0.4 is 29.7 Å². The molecule has 0 bridgehead atoms. The second-order valence-corrected chi connectivity index (χ2v) is 6.65. The van der Waals surface area contributed by atoms with Gasteiger partial charge in [-0.25, -0.2) is 0 Å². The number of aliphatic imine (C=N–C) groups is 1. The molecule has 0 aliphatic heterocycles. The van der Waals surface area contributed by atoms with Crippen molar-refractivity contribution in [3.05, 3.63) is 48.0 Å². The minimum atomic E-state index is 0.585. The van der Waals surface area contributed by atoms with Gasteiger partial charge in [-0.15, -0.1) is 0 Å². The molecular formula is C23H34N4O3. The van der Waals surface area contributed by atoms with Crippen LogP contribution in [0.2, 0.25) is 0 Å². The normalized spacial score (nSPS) is 11.0. The number of hydrogen-bond donors (Lipinski definition) is 2. The second-order valence-electron chi connectivity index (χ2n) is 6.65. The number of nitrogens with one attached hydrogen (secondary N) is 2. The van der Waals surface area contributed by atoms with Crippen LogP contribution >= 0.6 is 0 Å². The van der Waals surface area contributed by atoms with Gasteiger partial charge in [0.1, 0.15) is 0 Å². The van der Waals surface area contributed by atoms with Gasteiger partial charge in [-0.05, 0) is 43.2 Å². The number of rotatable bonds is 11. The van der Waals surface area contributed by atoms with E-state index >= 15 is 0 Å². The summed E-state index contributed by atoms with van der Waals surface area (Å²) < 4.78 is 16.2. The maximum absolute atomic E-state index is 5.42. The highest BCUT2D eigenvalue weighted by Crippen LogP contribution is 2.38. The maximum Gasteiger partial charge on any atom is 0.203 e. The number of para-hydroxylation sites is 1. The fraction of sp³-hybridized carbons (Fsp3) is 0.435. The van der Waals surface area contributed by atoms with E-state index in [0.717, 1.165) is 37.6 Å². The van der Waals surface area contributed by atoms with Gasteiger partial charge < -0.3 is 29.7 Å². The Morgan fingerprint density at radius 2 is 1.63 bits per heavy atom. The lowest BCUT2D eigenvalue weighted by Gasteiger charge is -2.23. The summed E-state index contributed by atoms with van der Waals surface area (Å²) in [4.78, 5) is 6.68. The van der Waals surface area contributed by atoms with Gasteiger partial charge in [-0.2, -0.15) is 0 Å². The highest BCUT2D eigenvalue weighted by molar-refractivity contribution is 5.79. The Bertz CT molecular complexity index is 771. The summed E-state index contributed by atoms with van der Waals surface area (Å²) in [5, 5.41) is 6.71. The summed E-state index contributed by atoms with van der Waals surface area (Å²) in [6.07, 6.45) is 1.01. The minimum absolute atomic E-state index is 0.585. The summed E-state index contributed by atoms with van der Waals surface area (Å²) in [6.45, 7) is 5.56.